The second-order valence-corrected chi connectivity index (χ2v) is 11.6. The standard InChI is InChI=1S/C29H33F2N3O4/c1-28(27(35)36)7-9-34(10-8-28)26-14-29(38-32-26)16-33(17-29)15-20-11-21(18-3-4-18)22(13-25(20)37-2)19-5-6-23(30)24(31)12-19/h5-6,11-13,18H,3-4,7-10,14-17H2,1-2H3,(H,35,36). The highest BCUT2D eigenvalue weighted by atomic mass is 19.2. The van der Waals surface area contributed by atoms with Crippen molar-refractivity contribution < 1.29 is 28.3 Å². The van der Waals surface area contributed by atoms with E-state index < -0.39 is 23.0 Å². The van der Waals surface area contributed by atoms with Crippen LogP contribution in [0.3, 0.4) is 0 Å². The third kappa shape index (κ3) is 4.51. The first-order chi connectivity index (χ1) is 18.2. The molecular weight excluding hydrogens is 492 g/mol. The molecule has 1 aliphatic carbocycles. The van der Waals surface area contributed by atoms with Crippen molar-refractivity contribution >= 4 is 11.8 Å². The normalized spacial score (nSPS) is 22.1. The minimum Gasteiger partial charge on any atom is -0.496 e. The number of rotatable bonds is 6. The van der Waals surface area contributed by atoms with Gasteiger partial charge in [0.15, 0.2) is 17.2 Å². The first kappa shape index (κ1) is 25.1. The van der Waals surface area contributed by atoms with Gasteiger partial charge in [0.25, 0.3) is 0 Å². The number of hydrogen-bond acceptors (Lipinski definition) is 6. The zero-order chi connectivity index (χ0) is 26.7. The van der Waals surface area contributed by atoms with Gasteiger partial charge in [-0.3, -0.25) is 9.69 Å². The lowest BCUT2D eigenvalue weighted by atomic mass is 9.80. The third-order valence-corrected chi connectivity index (χ3v) is 8.69. The molecule has 3 heterocycles. The van der Waals surface area contributed by atoms with Crippen LogP contribution in [0.5, 0.6) is 5.75 Å². The number of halogens is 2. The lowest BCUT2D eigenvalue weighted by Gasteiger charge is -2.46. The Kier molecular flexibility index (Phi) is 6.09. The molecule has 2 aromatic carbocycles. The lowest BCUT2D eigenvalue weighted by molar-refractivity contribution is -0.150. The van der Waals surface area contributed by atoms with Gasteiger partial charge in [-0.25, -0.2) is 8.78 Å². The highest BCUT2D eigenvalue weighted by Crippen LogP contribution is 2.47. The minimum atomic E-state index is -0.850. The van der Waals surface area contributed by atoms with Gasteiger partial charge < -0.3 is 19.6 Å². The van der Waals surface area contributed by atoms with E-state index in [1.807, 2.05) is 13.0 Å². The van der Waals surface area contributed by atoms with Crippen LogP contribution < -0.4 is 4.74 Å². The monoisotopic (exact) mass is 525 g/mol. The highest BCUT2D eigenvalue weighted by molar-refractivity contribution is 5.85. The smallest absolute Gasteiger partial charge is 0.309 e. The number of aliphatic carboxylic acids is 1. The fourth-order valence-corrected chi connectivity index (χ4v) is 6.04. The van der Waals surface area contributed by atoms with Crippen molar-refractivity contribution in [2.75, 3.05) is 33.3 Å². The Balaban J connectivity index is 1.12. The summed E-state index contributed by atoms with van der Waals surface area (Å²) < 4.78 is 33.3. The zero-order valence-electron chi connectivity index (χ0n) is 21.8. The zero-order valence-corrected chi connectivity index (χ0v) is 21.8. The molecule has 1 saturated carbocycles. The van der Waals surface area contributed by atoms with Crippen molar-refractivity contribution in [2.24, 2.45) is 10.6 Å². The van der Waals surface area contributed by atoms with Gasteiger partial charge in [-0.15, -0.1) is 0 Å². The number of likely N-dealkylation sites (tertiary alicyclic amines) is 2. The molecule has 0 aromatic heterocycles. The Morgan fingerprint density at radius 3 is 2.53 bits per heavy atom. The van der Waals surface area contributed by atoms with Crippen molar-refractivity contribution in [1.82, 2.24) is 9.80 Å². The van der Waals surface area contributed by atoms with E-state index in [2.05, 4.69) is 21.0 Å². The second-order valence-electron chi connectivity index (χ2n) is 11.6. The Bertz CT molecular complexity index is 1290. The largest absolute Gasteiger partial charge is 0.496 e. The summed E-state index contributed by atoms with van der Waals surface area (Å²) in [6.07, 6.45) is 4.11. The van der Waals surface area contributed by atoms with E-state index >= 15 is 0 Å². The number of hydrogen-bond donors (Lipinski definition) is 1. The third-order valence-electron chi connectivity index (χ3n) is 8.69. The number of nitrogens with zero attached hydrogens (tertiary/aromatic N) is 3. The number of piperidine rings is 1. The summed E-state index contributed by atoms with van der Waals surface area (Å²) in [5.74, 6) is -0.358. The molecule has 3 fully saturated rings. The molecule has 38 heavy (non-hydrogen) atoms. The van der Waals surface area contributed by atoms with Crippen molar-refractivity contribution in [3.63, 3.8) is 0 Å². The van der Waals surface area contributed by atoms with Gasteiger partial charge in [0.1, 0.15) is 11.6 Å². The maximum atomic E-state index is 14.0. The molecule has 1 N–H and O–H groups in total. The van der Waals surface area contributed by atoms with E-state index in [-0.39, 0.29) is 5.60 Å². The fraction of sp³-hybridized carbons (Fsp3) is 0.517. The van der Waals surface area contributed by atoms with E-state index in [1.165, 1.54) is 12.1 Å². The summed E-state index contributed by atoms with van der Waals surface area (Å²) in [7, 11) is 1.64. The molecule has 202 valence electrons. The predicted molar refractivity (Wildman–Crippen MR) is 138 cm³/mol. The number of methoxy groups -OCH3 is 1. The number of benzene rings is 2. The van der Waals surface area contributed by atoms with Crippen LogP contribution in [0.2, 0.25) is 0 Å². The summed E-state index contributed by atoms with van der Waals surface area (Å²) >= 11 is 0. The van der Waals surface area contributed by atoms with Gasteiger partial charge in [0.2, 0.25) is 0 Å². The van der Waals surface area contributed by atoms with Gasteiger partial charge in [0.05, 0.1) is 18.9 Å². The van der Waals surface area contributed by atoms with Crippen LogP contribution in [-0.4, -0.2) is 65.6 Å². The average Bonchev–Trinajstić information content (AvgIpc) is 3.64. The number of amidine groups is 1. The molecule has 0 bridgehead atoms. The van der Waals surface area contributed by atoms with Gasteiger partial charge in [0, 0.05) is 38.3 Å². The molecule has 9 heteroatoms. The molecule has 6 rings (SSSR count). The molecule has 2 saturated heterocycles. The molecule has 2 aromatic rings. The maximum absolute atomic E-state index is 14.0. The topological polar surface area (TPSA) is 74.6 Å². The average molecular weight is 526 g/mol. The molecule has 0 unspecified atom stereocenters. The number of carbonyl (C=O) groups is 1. The van der Waals surface area contributed by atoms with Crippen LogP contribution in [-0.2, 0) is 16.2 Å². The Labute approximate surface area is 221 Å². The van der Waals surface area contributed by atoms with Crippen molar-refractivity contribution in [1.29, 1.82) is 0 Å². The van der Waals surface area contributed by atoms with Gasteiger partial charge >= 0.3 is 5.97 Å². The van der Waals surface area contributed by atoms with Crippen molar-refractivity contribution in [3.8, 4) is 16.9 Å². The molecule has 0 radical (unpaired) electrons. The Morgan fingerprint density at radius 1 is 1.16 bits per heavy atom. The first-order valence-corrected chi connectivity index (χ1v) is 13.3. The SMILES string of the molecule is COc1cc(-c2ccc(F)c(F)c2)c(C2CC2)cc1CN1CC2(CC(N3CCC(C)(C(=O)O)CC3)=NO2)C1. The number of ether oxygens (including phenoxy) is 1. The summed E-state index contributed by atoms with van der Waals surface area (Å²) in [6, 6.07) is 8.18. The lowest BCUT2D eigenvalue weighted by Crippen LogP contribution is -2.61. The summed E-state index contributed by atoms with van der Waals surface area (Å²) in [6.45, 7) is 5.36. The van der Waals surface area contributed by atoms with Crippen LogP contribution in [0, 0.1) is 17.0 Å². The second kappa shape index (κ2) is 9.22. The maximum Gasteiger partial charge on any atom is 0.309 e. The van der Waals surface area contributed by atoms with Crippen molar-refractivity contribution in [2.45, 2.75) is 57.1 Å². The molecule has 4 aliphatic rings. The van der Waals surface area contributed by atoms with Crippen LogP contribution in [0.15, 0.2) is 35.5 Å². The van der Waals surface area contributed by atoms with Crippen LogP contribution >= 0.6 is 0 Å². The van der Waals surface area contributed by atoms with Crippen molar-refractivity contribution in [3.05, 3.63) is 53.1 Å². The van der Waals surface area contributed by atoms with Gasteiger partial charge in [-0.1, -0.05) is 11.2 Å². The summed E-state index contributed by atoms with van der Waals surface area (Å²) in [5, 5.41) is 13.9. The number of oxime groups is 1. The highest BCUT2D eigenvalue weighted by Gasteiger charge is 2.51. The van der Waals surface area contributed by atoms with E-state index in [9.17, 15) is 18.7 Å². The Hall–Kier alpha value is -3.20. The summed E-state index contributed by atoms with van der Waals surface area (Å²) in [5.41, 5.74) is 2.78. The molecule has 1 spiro atoms. The Morgan fingerprint density at radius 2 is 1.89 bits per heavy atom. The minimum absolute atomic E-state index is 0.332. The summed E-state index contributed by atoms with van der Waals surface area (Å²) in [4.78, 5) is 22.0. The van der Waals surface area contributed by atoms with E-state index in [0.29, 0.717) is 44.0 Å². The fourth-order valence-electron chi connectivity index (χ4n) is 6.04. The first-order valence-electron chi connectivity index (χ1n) is 13.3. The van der Waals surface area contributed by atoms with E-state index in [1.54, 1.807) is 13.2 Å². The van der Waals surface area contributed by atoms with Gasteiger partial charge in [-0.2, -0.15) is 0 Å². The van der Waals surface area contributed by atoms with Gasteiger partial charge in [-0.05, 0) is 79.5 Å². The molecule has 0 atom stereocenters. The van der Waals surface area contributed by atoms with Crippen LogP contribution in [0.25, 0.3) is 11.1 Å². The molecule has 0 amide bonds. The quantitative estimate of drug-likeness (QED) is 0.573. The predicted octanol–water partition coefficient (Wildman–Crippen LogP) is 4.99. The molecule has 3 aliphatic heterocycles. The van der Waals surface area contributed by atoms with Crippen LogP contribution in [0.4, 0.5) is 8.78 Å². The number of carboxylic acids is 1. The molecular formula is C29H33F2N3O4. The van der Waals surface area contributed by atoms with Crippen LogP contribution in [0.1, 0.15) is 56.1 Å². The van der Waals surface area contributed by atoms with E-state index in [4.69, 9.17) is 9.57 Å². The number of carboxylic acid groups (broad SMARTS) is 1. The van der Waals surface area contributed by atoms with E-state index in [0.717, 1.165) is 60.6 Å². The molecule has 7 nitrogen and oxygen atoms in total.